The van der Waals surface area contributed by atoms with Gasteiger partial charge in [0.1, 0.15) is 6.54 Å². The molecule has 1 aliphatic rings. The largest absolute Gasteiger partial charge is 0.392 e. The highest BCUT2D eigenvalue weighted by molar-refractivity contribution is 6.35. The Labute approximate surface area is 238 Å². The number of anilines is 1. The molecule has 7 nitrogen and oxygen atoms in total. The summed E-state index contributed by atoms with van der Waals surface area (Å²) in [5, 5.41) is 22.6. The number of amides is 2. The van der Waals surface area contributed by atoms with Gasteiger partial charge in [-0.25, -0.2) is 0 Å². The van der Waals surface area contributed by atoms with E-state index in [0.717, 1.165) is 23.2 Å². The van der Waals surface area contributed by atoms with Crippen molar-refractivity contribution in [2.24, 2.45) is 0 Å². The molecule has 4 rings (SSSR count). The maximum atomic E-state index is 13.4. The SMILES string of the molecule is CC(c1ccc(-c2cccc(C#N)c2)cc1)N(CC(=O)Nc1cc(Cl)cc(Cl)c1)C(=O)CCN1CC[C@@H](O)C1. The summed E-state index contributed by atoms with van der Waals surface area (Å²) < 4.78 is 0. The first-order chi connectivity index (χ1) is 18.7. The molecule has 9 heteroatoms. The number of hydrogen-bond acceptors (Lipinski definition) is 5. The van der Waals surface area contributed by atoms with E-state index in [1.54, 1.807) is 29.2 Å². The number of likely N-dealkylation sites (tertiary alicyclic amines) is 1. The van der Waals surface area contributed by atoms with Crippen molar-refractivity contribution in [1.82, 2.24) is 9.80 Å². The van der Waals surface area contributed by atoms with Crippen molar-refractivity contribution in [1.29, 1.82) is 5.26 Å². The standard InChI is InChI=1S/C30H30Cl2N4O3/c1-20(22-5-7-23(8-6-22)24-4-2-3-21(13-24)17-33)36(30(39)10-12-35-11-9-28(37)18-35)19-29(38)34-27-15-25(31)14-26(32)16-27/h2-8,13-16,20,28,37H,9-12,18-19H2,1H3,(H,34,38)/t20?,28-/m1/s1. The van der Waals surface area contributed by atoms with E-state index in [-0.39, 0.29) is 36.9 Å². The molecule has 3 aromatic rings. The highest BCUT2D eigenvalue weighted by Gasteiger charge is 2.26. The highest BCUT2D eigenvalue weighted by atomic mass is 35.5. The second-order valence-corrected chi connectivity index (χ2v) is 10.6. The first-order valence-corrected chi connectivity index (χ1v) is 13.5. The summed E-state index contributed by atoms with van der Waals surface area (Å²) >= 11 is 12.1. The number of carbonyl (C=O) groups is 2. The van der Waals surface area contributed by atoms with Crippen LogP contribution in [0, 0.1) is 11.3 Å². The fourth-order valence-corrected chi connectivity index (χ4v) is 5.26. The summed E-state index contributed by atoms with van der Waals surface area (Å²) in [5.41, 5.74) is 3.78. The highest BCUT2D eigenvalue weighted by Crippen LogP contribution is 2.27. The van der Waals surface area contributed by atoms with Crippen LogP contribution < -0.4 is 5.32 Å². The number of rotatable bonds is 9. The molecule has 1 unspecified atom stereocenters. The van der Waals surface area contributed by atoms with Gasteiger partial charge in [0, 0.05) is 41.8 Å². The lowest BCUT2D eigenvalue weighted by Crippen LogP contribution is -2.41. The molecule has 202 valence electrons. The molecule has 2 atom stereocenters. The number of nitrogens with zero attached hydrogens (tertiary/aromatic N) is 3. The van der Waals surface area contributed by atoms with Crippen LogP contribution in [0.15, 0.2) is 66.7 Å². The van der Waals surface area contributed by atoms with Gasteiger partial charge in [-0.2, -0.15) is 5.26 Å². The van der Waals surface area contributed by atoms with Crippen LogP contribution in [0.4, 0.5) is 5.69 Å². The Morgan fingerprint density at radius 1 is 1.10 bits per heavy atom. The summed E-state index contributed by atoms with van der Waals surface area (Å²) in [6.07, 6.45) is 0.562. The molecule has 1 saturated heterocycles. The molecule has 0 bridgehead atoms. The zero-order chi connectivity index (χ0) is 27.9. The Balaban J connectivity index is 1.51. The van der Waals surface area contributed by atoms with Crippen LogP contribution in [0.1, 0.15) is 36.9 Å². The number of aliphatic hydroxyl groups excluding tert-OH is 1. The Kier molecular flexibility index (Phi) is 9.60. The predicted octanol–water partition coefficient (Wildman–Crippen LogP) is 5.52. The van der Waals surface area contributed by atoms with Crippen molar-refractivity contribution < 1.29 is 14.7 Å². The van der Waals surface area contributed by atoms with Gasteiger partial charge in [0.2, 0.25) is 11.8 Å². The number of carbonyl (C=O) groups excluding carboxylic acids is 2. The van der Waals surface area contributed by atoms with E-state index in [9.17, 15) is 20.0 Å². The van der Waals surface area contributed by atoms with E-state index < -0.39 is 0 Å². The molecule has 39 heavy (non-hydrogen) atoms. The summed E-state index contributed by atoms with van der Waals surface area (Å²) in [6.45, 7) is 3.55. The lowest BCUT2D eigenvalue weighted by molar-refractivity contribution is -0.137. The number of halogens is 2. The summed E-state index contributed by atoms with van der Waals surface area (Å²) in [5.74, 6) is -0.524. The minimum atomic E-state index is -0.380. The van der Waals surface area contributed by atoms with Gasteiger partial charge in [-0.05, 0) is 60.4 Å². The average Bonchev–Trinajstić information content (AvgIpc) is 3.34. The summed E-state index contributed by atoms with van der Waals surface area (Å²) in [6, 6.07) is 21.7. The molecular formula is C30H30Cl2N4O3. The molecule has 0 aromatic heterocycles. The van der Waals surface area contributed by atoms with Gasteiger partial charge in [-0.15, -0.1) is 0 Å². The molecular weight excluding hydrogens is 535 g/mol. The van der Waals surface area contributed by atoms with Crippen molar-refractivity contribution >= 4 is 40.7 Å². The average molecular weight is 566 g/mol. The smallest absolute Gasteiger partial charge is 0.244 e. The third kappa shape index (κ3) is 7.81. The summed E-state index contributed by atoms with van der Waals surface area (Å²) in [4.78, 5) is 30.1. The zero-order valence-corrected chi connectivity index (χ0v) is 23.1. The Morgan fingerprint density at radius 2 is 1.82 bits per heavy atom. The molecule has 3 aromatic carbocycles. The lowest BCUT2D eigenvalue weighted by atomic mass is 9.99. The van der Waals surface area contributed by atoms with Gasteiger partial charge in [0.05, 0.1) is 23.8 Å². The van der Waals surface area contributed by atoms with Crippen LogP contribution in [-0.4, -0.2) is 59.0 Å². The lowest BCUT2D eigenvalue weighted by Gasteiger charge is -2.30. The normalized spacial score (nSPS) is 15.9. The van der Waals surface area contributed by atoms with Crippen molar-refractivity contribution in [3.8, 4) is 17.2 Å². The second kappa shape index (κ2) is 13.1. The fourth-order valence-electron chi connectivity index (χ4n) is 4.74. The molecule has 0 saturated carbocycles. The minimum Gasteiger partial charge on any atom is -0.392 e. The molecule has 2 N–H and O–H groups in total. The van der Waals surface area contributed by atoms with Crippen molar-refractivity contribution in [2.75, 3.05) is 31.5 Å². The Morgan fingerprint density at radius 3 is 2.46 bits per heavy atom. The van der Waals surface area contributed by atoms with E-state index >= 15 is 0 Å². The van der Waals surface area contributed by atoms with Crippen LogP contribution in [0.25, 0.3) is 11.1 Å². The van der Waals surface area contributed by atoms with E-state index in [0.29, 0.717) is 40.8 Å². The van der Waals surface area contributed by atoms with Gasteiger partial charge in [0.15, 0.2) is 0 Å². The van der Waals surface area contributed by atoms with Gasteiger partial charge in [-0.3, -0.25) is 9.59 Å². The van der Waals surface area contributed by atoms with Gasteiger partial charge >= 0.3 is 0 Å². The molecule has 0 radical (unpaired) electrons. The number of hydrogen-bond donors (Lipinski definition) is 2. The third-order valence-corrected chi connectivity index (χ3v) is 7.29. The number of nitriles is 1. The van der Waals surface area contributed by atoms with Crippen LogP contribution in [0.3, 0.4) is 0 Å². The predicted molar refractivity (Wildman–Crippen MR) is 153 cm³/mol. The van der Waals surface area contributed by atoms with Crippen LogP contribution in [0.5, 0.6) is 0 Å². The van der Waals surface area contributed by atoms with Crippen molar-refractivity contribution in [3.05, 3.63) is 87.9 Å². The van der Waals surface area contributed by atoms with E-state index in [1.165, 1.54) is 0 Å². The quantitative estimate of drug-likeness (QED) is 0.357. The van der Waals surface area contributed by atoms with E-state index in [2.05, 4.69) is 16.3 Å². The summed E-state index contributed by atoms with van der Waals surface area (Å²) in [7, 11) is 0. The second-order valence-electron chi connectivity index (χ2n) is 9.71. The number of benzene rings is 3. The van der Waals surface area contributed by atoms with Gasteiger partial charge in [-0.1, -0.05) is 59.6 Å². The van der Waals surface area contributed by atoms with E-state index in [1.807, 2.05) is 49.4 Å². The maximum absolute atomic E-state index is 13.4. The topological polar surface area (TPSA) is 96.7 Å². The third-order valence-electron chi connectivity index (χ3n) is 6.86. The molecule has 2 amide bonds. The number of nitrogens with one attached hydrogen (secondary N) is 1. The van der Waals surface area contributed by atoms with Crippen molar-refractivity contribution in [2.45, 2.75) is 31.9 Å². The van der Waals surface area contributed by atoms with Crippen LogP contribution in [0.2, 0.25) is 10.0 Å². The minimum absolute atomic E-state index is 0.154. The first kappa shape index (κ1) is 28.6. The molecule has 1 heterocycles. The number of β-amino-alcohol motifs (C(OH)–C–C–N with tert-alkyl or cyclic N) is 1. The zero-order valence-electron chi connectivity index (χ0n) is 21.6. The van der Waals surface area contributed by atoms with E-state index in [4.69, 9.17) is 23.2 Å². The van der Waals surface area contributed by atoms with Crippen molar-refractivity contribution in [3.63, 3.8) is 0 Å². The Bertz CT molecular complexity index is 1350. The van der Waals surface area contributed by atoms with Crippen LogP contribution in [-0.2, 0) is 9.59 Å². The van der Waals surface area contributed by atoms with Gasteiger partial charge in [0.25, 0.3) is 0 Å². The monoisotopic (exact) mass is 564 g/mol. The Hall–Kier alpha value is -3.41. The molecule has 0 aliphatic carbocycles. The molecule has 0 spiro atoms. The van der Waals surface area contributed by atoms with Crippen LogP contribution >= 0.6 is 23.2 Å². The molecule has 1 fully saturated rings. The maximum Gasteiger partial charge on any atom is 0.244 e. The number of aliphatic hydroxyl groups is 1. The first-order valence-electron chi connectivity index (χ1n) is 12.8. The van der Waals surface area contributed by atoms with Gasteiger partial charge < -0.3 is 20.2 Å². The molecule has 1 aliphatic heterocycles. The fraction of sp³-hybridized carbons (Fsp3) is 0.300.